The topological polar surface area (TPSA) is 65.7 Å². The number of ether oxygens (including phenoxy) is 1. The van der Waals surface area contributed by atoms with Gasteiger partial charge in [0.05, 0.1) is 36.9 Å². The van der Waals surface area contributed by atoms with Crippen molar-refractivity contribution in [3.05, 3.63) is 78.4 Å². The third-order valence-electron chi connectivity index (χ3n) is 5.52. The number of imidazole rings is 1. The number of pyridine rings is 1. The van der Waals surface area contributed by atoms with Crippen molar-refractivity contribution in [2.24, 2.45) is 0 Å². The van der Waals surface area contributed by atoms with Gasteiger partial charge in [0.25, 0.3) is 0 Å². The van der Waals surface area contributed by atoms with Gasteiger partial charge in [0.2, 0.25) is 0 Å². The predicted molar refractivity (Wildman–Crippen MR) is 118 cm³/mol. The molecule has 0 saturated heterocycles. The highest BCUT2D eigenvalue weighted by molar-refractivity contribution is 5.79. The number of hydrogen-bond donors (Lipinski definition) is 0. The molecule has 1 atom stereocenters. The van der Waals surface area contributed by atoms with Crippen LogP contribution >= 0.6 is 0 Å². The molecule has 30 heavy (non-hydrogen) atoms. The molecule has 3 aromatic heterocycles. The zero-order valence-corrected chi connectivity index (χ0v) is 17.1. The van der Waals surface area contributed by atoms with Gasteiger partial charge in [-0.05, 0) is 61.4 Å². The standard InChI is InChI=1S/C24H21N5O/c1-15-11-19(30-3)7-8-20(15)22-13-26-23-24(28-22)29(14-27-23)16(2)17-6-9-21-18(12-17)5-4-10-25-21/h4-14,16H,1-3H3. The molecular formula is C24H21N5O. The maximum atomic E-state index is 5.32. The van der Waals surface area contributed by atoms with Gasteiger partial charge in [-0.15, -0.1) is 0 Å². The Kier molecular flexibility index (Phi) is 4.39. The summed E-state index contributed by atoms with van der Waals surface area (Å²) in [5.74, 6) is 0.828. The van der Waals surface area contributed by atoms with Gasteiger partial charge in [0, 0.05) is 17.1 Å². The summed E-state index contributed by atoms with van der Waals surface area (Å²) in [7, 11) is 1.67. The van der Waals surface area contributed by atoms with Crippen LogP contribution in [0.5, 0.6) is 5.75 Å². The SMILES string of the molecule is COc1ccc(-c2cnc3ncn(C(C)c4ccc5ncccc5c4)c3n2)c(C)c1. The highest BCUT2D eigenvalue weighted by atomic mass is 16.5. The maximum absolute atomic E-state index is 5.32. The number of aromatic nitrogens is 5. The number of nitrogens with zero attached hydrogens (tertiary/aromatic N) is 5. The third kappa shape index (κ3) is 3.06. The van der Waals surface area contributed by atoms with E-state index in [-0.39, 0.29) is 6.04 Å². The van der Waals surface area contributed by atoms with Gasteiger partial charge in [-0.1, -0.05) is 12.1 Å². The Bertz CT molecular complexity index is 1370. The van der Waals surface area contributed by atoms with Crippen molar-refractivity contribution in [2.75, 3.05) is 7.11 Å². The van der Waals surface area contributed by atoms with E-state index in [1.165, 1.54) is 5.56 Å². The van der Waals surface area contributed by atoms with Crippen molar-refractivity contribution in [1.29, 1.82) is 0 Å². The quantitative estimate of drug-likeness (QED) is 0.430. The lowest BCUT2D eigenvalue weighted by molar-refractivity contribution is 0.414. The number of benzene rings is 2. The molecule has 2 aromatic carbocycles. The second-order valence-electron chi connectivity index (χ2n) is 7.37. The van der Waals surface area contributed by atoms with Crippen molar-refractivity contribution in [3.63, 3.8) is 0 Å². The molecule has 0 spiro atoms. The minimum atomic E-state index is 0.0566. The Morgan fingerprint density at radius 1 is 1.00 bits per heavy atom. The molecule has 5 aromatic rings. The van der Waals surface area contributed by atoms with Crippen molar-refractivity contribution in [2.45, 2.75) is 19.9 Å². The van der Waals surface area contributed by atoms with Gasteiger partial charge in [-0.25, -0.2) is 15.0 Å². The number of hydrogen-bond acceptors (Lipinski definition) is 5. The van der Waals surface area contributed by atoms with Gasteiger partial charge in [0.1, 0.15) is 5.75 Å². The predicted octanol–water partition coefficient (Wildman–Crippen LogP) is 4.97. The molecule has 5 rings (SSSR count). The van der Waals surface area contributed by atoms with Crippen molar-refractivity contribution in [3.8, 4) is 17.0 Å². The molecule has 0 fully saturated rings. The molecule has 0 bridgehead atoms. The second kappa shape index (κ2) is 7.22. The number of aryl methyl sites for hydroxylation is 1. The summed E-state index contributed by atoms with van der Waals surface area (Å²) in [5, 5.41) is 1.12. The third-order valence-corrected chi connectivity index (χ3v) is 5.52. The molecule has 3 heterocycles. The summed E-state index contributed by atoms with van der Waals surface area (Å²) in [6, 6.07) is 16.4. The summed E-state index contributed by atoms with van der Waals surface area (Å²) in [5.41, 5.74) is 6.50. The molecule has 148 valence electrons. The van der Waals surface area contributed by atoms with Crippen LogP contribution in [0.3, 0.4) is 0 Å². The normalized spacial score (nSPS) is 12.4. The van der Waals surface area contributed by atoms with E-state index < -0.39 is 0 Å². The molecular weight excluding hydrogens is 374 g/mol. The van der Waals surface area contributed by atoms with Crippen LogP contribution in [0.25, 0.3) is 33.5 Å². The molecule has 6 heteroatoms. The molecule has 0 radical (unpaired) electrons. The van der Waals surface area contributed by atoms with E-state index in [1.54, 1.807) is 13.3 Å². The van der Waals surface area contributed by atoms with Crippen LogP contribution in [0.15, 0.2) is 67.3 Å². The van der Waals surface area contributed by atoms with E-state index in [9.17, 15) is 0 Å². The highest BCUT2D eigenvalue weighted by Crippen LogP contribution is 2.28. The van der Waals surface area contributed by atoms with E-state index >= 15 is 0 Å². The van der Waals surface area contributed by atoms with E-state index in [4.69, 9.17) is 9.72 Å². The van der Waals surface area contributed by atoms with Gasteiger partial charge in [0.15, 0.2) is 11.3 Å². The van der Waals surface area contributed by atoms with Crippen LogP contribution in [-0.2, 0) is 0 Å². The van der Waals surface area contributed by atoms with Crippen molar-refractivity contribution < 1.29 is 4.74 Å². The molecule has 6 nitrogen and oxygen atoms in total. The first kappa shape index (κ1) is 18.2. The van der Waals surface area contributed by atoms with Crippen LogP contribution in [-0.4, -0.2) is 31.6 Å². The van der Waals surface area contributed by atoms with E-state index in [2.05, 4.69) is 50.7 Å². The van der Waals surface area contributed by atoms with Crippen LogP contribution in [0.1, 0.15) is 24.1 Å². The Morgan fingerprint density at radius 2 is 1.90 bits per heavy atom. The second-order valence-corrected chi connectivity index (χ2v) is 7.37. The molecule has 0 amide bonds. The zero-order chi connectivity index (χ0) is 20.7. The monoisotopic (exact) mass is 395 g/mol. The Labute approximate surface area is 174 Å². The van der Waals surface area contributed by atoms with E-state index in [0.717, 1.165) is 39.1 Å². The lowest BCUT2D eigenvalue weighted by atomic mass is 10.1. The number of fused-ring (bicyclic) bond motifs is 2. The van der Waals surface area contributed by atoms with E-state index in [1.807, 2.05) is 43.7 Å². The fourth-order valence-electron chi connectivity index (χ4n) is 3.79. The Balaban J connectivity index is 1.58. The summed E-state index contributed by atoms with van der Waals surface area (Å²) >= 11 is 0. The minimum absolute atomic E-state index is 0.0566. The molecule has 0 aliphatic rings. The van der Waals surface area contributed by atoms with Crippen molar-refractivity contribution in [1.82, 2.24) is 24.5 Å². The van der Waals surface area contributed by atoms with Crippen LogP contribution in [0, 0.1) is 6.92 Å². The molecule has 0 saturated carbocycles. The number of methoxy groups -OCH3 is 1. The van der Waals surface area contributed by atoms with E-state index in [0.29, 0.717) is 5.65 Å². The van der Waals surface area contributed by atoms with Crippen LogP contribution in [0.4, 0.5) is 0 Å². The van der Waals surface area contributed by atoms with Crippen molar-refractivity contribution >= 4 is 22.2 Å². The summed E-state index contributed by atoms with van der Waals surface area (Å²) in [4.78, 5) is 18.3. The Hall–Kier alpha value is -3.80. The summed E-state index contributed by atoms with van der Waals surface area (Å²) in [6.45, 7) is 4.19. The van der Waals surface area contributed by atoms with Gasteiger partial charge >= 0.3 is 0 Å². The van der Waals surface area contributed by atoms with Gasteiger partial charge < -0.3 is 9.30 Å². The lowest BCUT2D eigenvalue weighted by Gasteiger charge is -2.15. The largest absolute Gasteiger partial charge is 0.497 e. The lowest BCUT2D eigenvalue weighted by Crippen LogP contribution is -2.07. The fourth-order valence-corrected chi connectivity index (χ4v) is 3.79. The van der Waals surface area contributed by atoms with Crippen LogP contribution < -0.4 is 4.74 Å². The first-order valence-corrected chi connectivity index (χ1v) is 9.83. The Morgan fingerprint density at radius 3 is 2.73 bits per heavy atom. The minimum Gasteiger partial charge on any atom is -0.497 e. The summed E-state index contributed by atoms with van der Waals surface area (Å²) < 4.78 is 7.39. The molecule has 1 unspecified atom stereocenters. The van der Waals surface area contributed by atoms with Gasteiger partial charge in [-0.3, -0.25) is 4.98 Å². The zero-order valence-electron chi connectivity index (χ0n) is 17.1. The average molecular weight is 395 g/mol. The molecule has 0 N–H and O–H groups in total. The highest BCUT2D eigenvalue weighted by Gasteiger charge is 2.16. The average Bonchev–Trinajstić information content (AvgIpc) is 3.21. The molecule has 0 aliphatic carbocycles. The maximum Gasteiger partial charge on any atom is 0.197 e. The smallest absolute Gasteiger partial charge is 0.197 e. The van der Waals surface area contributed by atoms with Crippen LogP contribution in [0.2, 0.25) is 0 Å². The summed E-state index contributed by atoms with van der Waals surface area (Å²) in [6.07, 6.45) is 5.40. The fraction of sp³-hybridized carbons (Fsp3) is 0.167. The van der Waals surface area contributed by atoms with Gasteiger partial charge in [-0.2, -0.15) is 0 Å². The number of rotatable bonds is 4. The molecule has 0 aliphatic heterocycles. The first-order chi connectivity index (χ1) is 14.6. The first-order valence-electron chi connectivity index (χ1n) is 9.83.